The summed E-state index contributed by atoms with van der Waals surface area (Å²) in [7, 11) is 0. The normalized spacial score (nSPS) is 12.9. The van der Waals surface area contributed by atoms with Crippen molar-refractivity contribution in [2.24, 2.45) is 11.7 Å². The van der Waals surface area contributed by atoms with Crippen LogP contribution in [0.3, 0.4) is 0 Å². The standard InChI is InChI=1S/C12H16ClNO/c1-8(2)12(15)11(14)7-9-3-5-10(13)6-4-9/h3-6,8,11H,7,14H2,1-2H3/t11-/m1/s1. The maximum Gasteiger partial charge on any atom is 0.152 e. The van der Waals surface area contributed by atoms with E-state index in [1.54, 1.807) is 0 Å². The van der Waals surface area contributed by atoms with E-state index in [0.717, 1.165) is 5.56 Å². The summed E-state index contributed by atoms with van der Waals surface area (Å²) in [5, 5.41) is 0.697. The molecular weight excluding hydrogens is 210 g/mol. The lowest BCUT2D eigenvalue weighted by Gasteiger charge is -2.12. The largest absolute Gasteiger partial charge is 0.321 e. The van der Waals surface area contributed by atoms with Crippen molar-refractivity contribution in [3.8, 4) is 0 Å². The Kier molecular flexibility index (Phi) is 4.30. The molecule has 1 atom stereocenters. The van der Waals surface area contributed by atoms with E-state index in [1.807, 2.05) is 38.1 Å². The molecule has 0 aliphatic rings. The van der Waals surface area contributed by atoms with Crippen LogP contribution in [0, 0.1) is 5.92 Å². The molecule has 0 aliphatic carbocycles. The highest BCUT2D eigenvalue weighted by atomic mass is 35.5. The fraction of sp³-hybridized carbons (Fsp3) is 0.417. The Bertz CT molecular complexity index is 332. The lowest BCUT2D eigenvalue weighted by molar-refractivity contribution is -0.123. The van der Waals surface area contributed by atoms with Gasteiger partial charge in [0.05, 0.1) is 6.04 Å². The van der Waals surface area contributed by atoms with Crippen molar-refractivity contribution in [2.45, 2.75) is 26.3 Å². The van der Waals surface area contributed by atoms with Crippen LogP contribution in [0.2, 0.25) is 5.02 Å². The molecule has 0 saturated carbocycles. The number of benzene rings is 1. The van der Waals surface area contributed by atoms with Gasteiger partial charge in [0, 0.05) is 10.9 Å². The Morgan fingerprint density at radius 3 is 2.33 bits per heavy atom. The van der Waals surface area contributed by atoms with Crippen LogP contribution < -0.4 is 5.73 Å². The minimum atomic E-state index is -0.411. The second-order valence-electron chi connectivity index (χ2n) is 3.99. The van der Waals surface area contributed by atoms with E-state index in [0.29, 0.717) is 11.4 Å². The van der Waals surface area contributed by atoms with E-state index < -0.39 is 6.04 Å². The summed E-state index contributed by atoms with van der Waals surface area (Å²) in [6.07, 6.45) is 0.578. The Morgan fingerprint density at radius 1 is 1.33 bits per heavy atom. The maximum atomic E-state index is 11.6. The van der Waals surface area contributed by atoms with Crippen LogP contribution in [0.5, 0.6) is 0 Å². The quantitative estimate of drug-likeness (QED) is 0.856. The van der Waals surface area contributed by atoms with E-state index in [2.05, 4.69) is 0 Å². The summed E-state index contributed by atoms with van der Waals surface area (Å²) >= 11 is 5.76. The van der Waals surface area contributed by atoms with Crippen LogP contribution in [-0.4, -0.2) is 11.8 Å². The van der Waals surface area contributed by atoms with Crippen molar-refractivity contribution >= 4 is 17.4 Å². The van der Waals surface area contributed by atoms with Gasteiger partial charge in [-0.05, 0) is 24.1 Å². The van der Waals surface area contributed by atoms with Crippen LogP contribution in [0.4, 0.5) is 0 Å². The Labute approximate surface area is 95.4 Å². The molecule has 2 nitrogen and oxygen atoms in total. The van der Waals surface area contributed by atoms with Crippen molar-refractivity contribution in [3.63, 3.8) is 0 Å². The molecule has 0 spiro atoms. The molecule has 0 aliphatic heterocycles. The highest BCUT2D eigenvalue weighted by Gasteiger charge is 2.16. The molecule has 0 aromatic heterocycles. The van der Waals surface area contributed by atoms with E-state index in [4.69, 9.17) is 17.3 Å². The van der Waals surface area contributed by atoms with Gasteiger partial charge in [-0.15, -0.1) is 0 Å². The predicted molar refractivity (Wildman–Crippen MR) is 63.0 cm³/mol. The molecule has 0 saturated heterocycles. The first-order valence-corrected chi connectivity index (χ1v) is 5.42. The van der Waals surface area contributed by atoms with Crippen LogP contribution in [0.15, 0.2) is 24.3 Å². The molecule has 1 aromatic carbocycles. The van der Waals surface area contributed by atoms with Crippen LogP contribution in [0.1, 0.15) is 19.4 Å². The average molecular weight is 226 g/mol. The molecule has 3 heteroatoms. The first-order chi connectivity index (χ1) is 7.00. The minimum Gasteiger partial charge on any atom is -0.321 e. The summed E-state index contributed by atoms with van der Waals surface area (Å²) in [6, 6.07) is 7.00. The Balaban J connectivity index is 2.62. The highest BCUT2D eigenvalue weighted by molar-refractivity contribution is 6.30. The third kappa shape index (κ3) is 3.65. The molecule has 0 heterocycles. The summed E-state index contributed by atoms with van der Waals surface area (Å²) in [5.74, 6) is 0.0947. The topological polar surface area (TPSA) is 43.1 Å². The first kappa shape index (κ1) is 12.2. The minimum absolute atomic E-state index is 0.00713. The molecule has 1 aromatic rings. The van der Waals surface area contributed by atoms with Gasteiger partial charge in [-0.2, -0.15) is 0 Å². The molecular formula is C12H16ClNO. The molecule has 2 N–H and O–H groups in total. The average Bonchev–Trinajstić information content (AvgIpc) is 2.20. The summed E-state index contributed by atoms with van der Waals surface area (Å²) in [6.45, 7) is 3.73. The fourth-order valence-electron chi connectivity index (χ4n) is 1.40. The smallest absolute Gasteiger partial charge is 0.152 e. The van der Waals surface area contributed by atoms with Crippen LogP contribution >= 0.6 is 11.6 Å². The van der Waals surface area contributed by atoms with Gasteiger partial charge < -0.3 is 5.73 Å². The van der Waals surface area contributed by atoms with E-state index in [-0.39, 0.29) is 11.7 Å². The zero-order valence-electron chi connectivity index (χ0n) is 9.03. The fourth-order valence-corrected chi connectivity index (χ4v) is 1.53. The summed E-state index contributed by atoms with van der Waals surface area (Å²) < 4.78 is 0. The van der Waals surface area contributed by atoms with Gasteiger partial charge in [-0.25, -0.2) is 0 Å². The Morgan fingerprint density at radius 2 is 1.87 bits per heavy atom. The van der Waals surface area contributed by atoms with Crippen molar-refractivity contribution in [1.29, 1.82) is 0 Å². The highest BCUT2D eigenvalue weighted by Crippen LogP contribution is 2.11. The molecule has 82 valence electrons. The molecule has 15 heavy (non-hydrogen) atoms. The van der Waals surface area contributed by atoms with Gasteiger partial charge in [-0.1, -0.05) is 37.6 Å². The number of hydrogen-bond acceptors (Lipinski definition) is 2. The first-order valence-electron chi connectivity index (χ1n) is 5.04. The van der Waals surface area contributed by atoms with Gasteiger partial charge in [0.2, 0.25) is 0 Å². The van der Waals surface area contributed by atoms with Gasteiger partial charge in [0.25, 0.3) is 0 Å². The lowest BCUT2D eigenvalue weighted by atomic mass is 9.97. The predicted octanol–water partition coefficient (Wildman–Crippen LogP) is 2.43. The van der Waals surface area contributed by atoms with E-state index in [1.165, 1.54) is 0 Å². The van der Waals surface area contributed by atoms with Crippen LogP contribution in [-0.2, 0) is 11.2 Å². The second-order valence-corrected chi connectivity index (χ2v) is 4.43. The molecule has 0 amide bonds. The van der Waals surface area contributed by atoms with Gasteiger partial charge in [-0.3, -0.25) is 4.79 Å². The third-order valence-electron chi connectivity index (χ3n) is 2.30. The van der Waals surface area contributed by atoms with Crippen molar-refractivity contribution in [2.75, 3.05) is 0 Å². The molecule has 0 radical (unpaired) electrons. The molecule has 0 fully saturated rings. The molecule has 1 rings (SSSR count). The Hall–Kier alpha value is -0.860. The number of ketones is 1. The van der Waals surface area contributed by atoms with E-state index >= 15 is 0 Å². The van der Waals surface area contributed by atoms with Gasteiger partial charge in [0.15, 0.2) is 5.78 Å². The maximum absolute atomic E-state index is 11.6. The van der Waals surface area contributed by atoms with Crippen LogP contribution in [0.25, 0.3) is 0 Å². The summed E-state index contributed by atoms with van der Waals surface area (Å²) in [4.78, 5) is 11.6. The second kappa shape index (κ2) is 5.29. The zero-order chi connectivity index (χ0) is 11.4. The monoisotopic (exact) mass is 225 g/mol. The van der Waals surface area contributed by atoms with Gasteiger partial charge >= 0.3 is 0 Å². The number of hydrogen-bond donors (Lipinski definition) is 1. The van der Waals surface area contributed by atoms with Crippen molar-refractivity contribution in [3.05, 3.63) is 34.9 Å². The van der Waals surface area contributed by atoms with Gasteiger partial charge in [0.1, 0.15) is 0 Å². The van der Waals surface area contributed by atoms with E-state index in [9.17, 15) is 4.79 Å². The number of Topliss-reactive ketones (excluding diaryl/α,β-unsaturated/α-hetero) is 1. The number of nitrogens with two attached hydrogens (primary N) is 1. The summed E-state index contributed by atoms with van der Waals surface area (Å²) in [5.41, 5.74) is 6.85. The zero-order valence-corrected chi connectivity index (χ0v) is 9.79. The third-order valence-corrected chi connectivity index (χ3v) is 2.56. The number of carbonyl (C=O) groups excluding carboxylic acids is 1. The number of carbonyl (C=O) groups is 1. The molecule has 0 bridgehead atoms. The SMILES string of the molecule is CC(C)C(=O)[C@H](N)Cc1ccc(Cl)cc1. The van der Waals surface area contributed by atoms with Crippen molar-refractivity contribution < 1.29 is 4.79 Å². The molecule has 0 unspecified atom stereocenters. The number of rotatable bonds is 4. The lowest BCUT2D eigenvalue weighted by Crippen LogP contribution is -2.35. The number of halogens is 1. The van der Waals surface area contributed by atoms with Crippen molar-refractivity contribution in [1.82, 2.24) is 0 Å².